The van der Waals surface area contributed by atoms with Crippen LogP contribution < -0.4 is 19.3 Å². The summed E-state index contributed by atoms with van der Waals surface area (Å²) in [5.74, 6) is -1.23. The summed E-state index contributed by atoms with van der Waals surface area (Å²) >= 11 is 0. The van der Waals surface area contributed by atoms with Crippen LogP contribution in [-0.4, -0.2) is 44.9 Å². The normalized spacial score (nSPS) is 12.6. The van der Waals surface area contributed by atoms with Gasteiger partial charge in [-0.2, -0.15) is 0 Å². The van der Waals surface area contributed by atoms with Crippen LogP contribution in [0.4, 0.5) is 11.4 Å². The van der Waals surface area contributed by atoms with Gasteiger partial charge in [-0.25, -0.2) is 18.4 Å². The minimum absolute atomic E-state index is 0.0159. The summed E-state index contributed by atoms with van der Waals surface area (Å²) in [5.41, 5.74) is 0.0773. The maximum absolute atomic E-state index is 11.8. The average molecular weight is 475 g/mol. The van der Waals surface area contributed by atoms with Crippen molar-refractivity contribution in [2.75, 3.05) is 14.2 Å². The maximum atomic E-state index is 11.8. The van der Waals surface area contributed by atoms with Crippen molar-refractivity contribution in [2.24, 2.45) is 15.4 Å². The minimum atomic E-state index is -4.10. The second kappa shape index (κ2) is 9.30. The van der Waals surface area contributed by atoms with Gasteiger partial charge in [-0.05, 0) is 6.92 Å². The van der Waals surface area contributed by atoms with Crippen molar-refractivity contribution in [3.8, 4) is 23.0 Å². The number of primary sulfonamides is 1. The zero-order valence-corrected chi connectivity index (χ0v) is 18.7. The number of hydrogen-bond acceptors (Lipinski definition) is 9. The van der Waals surface area contributed by atoms with E-state index in [4.69, 9.17) is 19.3 Å². The number of phenols is 1. The summed E-state index contributed by atoms with van der Waals surface area (Å²) in [7, 11) is -1.53. The molecule has 1 atom stereocenters. The Balaban J connectivity index is 2.14. The van der Waals surface area contributed by atoms with E-state index >= 15 is 0 Å². The molecule has 4 N–H and O–H groups in total. The molecule has 12 heteroatoms. The molecule has 0 aliphatic rings. The summed E-state index contributed by atoms with van der Waals surface area (Å²) in [6, 6.07) is 10.4. The first-order valence-corrected chi connectivity index (χ1v) is 11.0. The molecule has 0 aliphatic carbocycles. The number of rotatable bonds is 8. The molecule has 0 radical (unpaired) electrons. The monoisotopic (exact) mass is 475 g/mol. The smallest absolute Gasteiger partial charge is 0.344 e. The van der Waals surface area contributed by atoms with Crippen LogP contribution in [0.1, 0.15) is 6.92 Å². The number of ether oxygens (including phenoxy) is 3. The Bertz CT molecular complexity index is 1360. The van der Waals surface area contributed by atoms with E-state index in [2.05, 4.69) is 10.2 Å². The van der Waals surface area contributed by atoms with Gasteiger partial charge in [-0.3, -0.25) is 0 Å². The standard InChI is InChI=1S/C21H21N3O8S/c1-11(21(26)27)32-16-9-15(20(25)13-7-5-4-6-12(13)16)24-23-14-8-18(31-3)19(33(22,28)29)10-17(14)30-2/h4-11,25H,1-3H3,(H,26,27)(H2,22,28,29). The molecule has 33 heavy (non-hydrogen) atoms. The summed E-state index contributed by atoms with van der Waals surface area (Å²) in [5, 5.41) is 34.1. The number of nitrogens with two attached hydrogens (primary N) is 1. The molecule has 0 amide bonds. The van der Waals surface area contributed by atoms with Gasteiger partial charge in [0.1, 0.15) is 33.5 Å². The van der Waals surface area contributed by atoms with E-state index in [1.165, 1.54) is 33.3 Å². The molecule has 0 aliphatic heterocycles. The van der Waals surface area contributed by atoms with Crippen molar-refractivity contribution < 1.29 is 37.6 Å². The number of carboxylic acids is 1. The number of fused-ring (bicyclic) bond motifs is 1. The predicted molar refractivity (Wildman–Crippen MR) is 118 cm³/mol. The van der Waals surface area contributed by atoms with E-state index < -0.39 is 22.1 Å². The highest BCUT2D eigenvalue weighted by molar-refractivity contribution is 7.89. The van der Waals surface area contributed by atoms with Gasteiger partial charge in [0.25, 0.3) is 0 Å². The molecule has 3 rings (SSSR count). The maximum Gasteiger partial charge on any atom is 0.344 e. The molecule has 0 aromatic heterocycles. The average Bonchev–Trinajstić information content (AvgIpc) is 2.78. The number of azo groups is 1. The van der Waals surface area contributed by atoms with Gasteiger partial charge < -0.3 is 24.4 Å². The lowest BCUT2D eigenvalue weighted by molar-refractivity contribution is -0.144. The Morgan fingerprint density at radius 3 is 2.12 bits per heavy atom. The number of hydrogen-bond donors (Lipinski definition) is 3. The fourth-order valence-electron chi connectivity index (χ4n) is 2.99. The Morgan fingerprint density at radius 2 is 1.55 bits per heavy atom. The molecule has 0 fully saturated rings. The van der Waals surface area contributed by atoms with E-state index in [9.17, 15) is 23.4 Å². The lowest BCUT2D eigenvalue weighted by Gasteiger charge is -2.15. The number of benzene rings is 3. The van der Waals surface area contributed by atoms with Crippen molar-refractivity contribution in [2.45, 2.75) is 17.9 Å². The van der Waals surface area contributed by atoms with E-state index in [1.807, 2.05) is 0 Å². The zero-order valence-electron chi connectivity index (χ0n) is 17.8. The van der Waals surface area contributed by atoms with Crippen LogP contribution in [0.3, 0.4) is 0 Å². The first-order chi connectivity index (χ1) is 15.6. The van der Waals surface area contributed by atoms with Crippen LogP contribution in [-0.2, 0) is 14.8 Å². The molecule has 0 spiro atoms. The van der Waals surface area contributed by atoms with E-state index in [1.54, 1.807) is 24.3 Å². The second-order valence-corrected chi connectivity index (χ2v) is 8.34. The molecule has 3 aromatic rings. The molecule has 11 nitrogen and oxygen atoms in total. The van der Waals surface area contributed by atoms with Crippen LogP contribution in [0.15, 0.2) is 57.6 Å². The molecular formula is C21H21N3O8S. The van der Waals surface area contributed by atoms with Gasteiger partial charge >= 0.3 is 5.97 Å². The van der Waals surface area contributed by atoms with E-state index in [0.29, 0.717) is 10.8 Å². The van der Waals surface area contributed by atoms with Crippen LogP contribution in [0.25, 0.3) is 10.8 Å². The predicted octanol–water partition coefficient (Wildman–Crippen LogP) is 3.48. The number of methoxy groups -OCH3 is 2. The lowest BCUT2D eigenvalue weighted by Crippen LogP contribution is -2.22. The van der Waals surface area contributed by atoms with Gasteiger partial charge in [0.15, 0.2) is 11.9 Å². The Labute approximate surface area is 189 Å². The molecular weight excluding hydrogens is 454 g/mol. The fraction of sp³-hybridized carbons (Fsp3) is 0.190. The Morgan fingerprint density at radius 1 is 0.970 bits per heavy atom. The minimum Gasteiger partial charge on any atom is -0.505 e. The van der Waals surface area contributed by atoms with Gasteiger partial charge in [0, 0.05) is 29.0 Å². The second-order valence-electron chi connectivity index (χ2n) is 6.81. The van der Waals surface area contributed by atoms with Crippen molar-refractivity contribution in [3.05, 3.63) is 42.5 Å². The van der Waals surface area contributed by atoms with Crippen LogP contribution >= 0.6 is 0 Å². The van der Waals surface area contributed by atoms with Crippen molar-refractivity contribution >= 4 is 38.1 Å². The van der Waals surface area contributed by atoms with Gasteiger partial charge in [0.05, 0.1) is 14.2 Å². The molecule has 1 unspecified atom stereocenters. The first-order valence-electron chi connectivity index (χ1n) is 9.41. The van der Waals surface area contributed by atoms with Crippen LogP contribution in [0, 0.1) is 0 Å². The van der Waals surface area contributed by atoms with Crippen LogP contribution in [0.5, 0.6) is 23.0 Å². The molecule has 0 heterocycles. The summed E-state index contributed by atoms with van der Waals surface area (Å²) in [4.78, 5) is 10.9. The molecule has 0 saturated carbocycles. The molecule has 0 bridgehead atoms. The summed E-state index contributed by atoms with van der Waals surface area (Å²) < 4.78 is 39.4. The first kappa shape index (κ1) is 23.8. The molecule has 0 saturated heterocycles. The highest BCUT2D eigenvalue weighted by Gasteiger charge is 2.20. The topological polar surface area (TPSA) is 170 Å². The van der Waals surface area contributed by atoms with E-state index in [0.717, 1.165) is 6.07 Å². The number of nitrogens with zero attached hydrogens (tertiary/aromatic N) is 2. The van der Waals surface area contributed by atoms with Crippen molar-refractivity contribution in [3.63, 3.8) is 0 Å². The van der Waals surface area contributed by atoms with E-state index in [-0.39, 0.29) is 39.3 Å². The number of sulfonamides is 1. The van der Waals surface area contributed by atoms with Crippen LogP contribution in [0.2, 0.25) is 0 Å². The van der Waals surface area contributed by atoms with Crippen molar-refractivity contribution in [1.82, 2.24) is 0 Å². The SMILES string of the molecule is COc1cc(S(N)(=O)=O)c(OC)cc1N=Nc1cc(OC(C)C(=O)O)c2ccccc2c1O. The number of aliphatic carboxylic acids is 1. The fourth-order valence-corrected chi connectivity index (χ4v) is 3.68. The third-order valence-electron chi connectivity index (χ3n) is 4.65. The largest absolute Gasteiger partial charge is 0.505 e. The zero-order chi connectivity index (χ0) is 24.3. The third kappa shape index (κ3) is 4.96. The highest BCUT2D eigenvalue weighted by atomic mass is 32.2. The Kier molecular flexibility index (Phi) is 6.70. The number of carbonyl (C=O) groups is 1. The van der Waals surface area contributed by atoms with Gasteiger partial charge in [0.2, 0.25) is 10.0 Å². The Hall–Kier alpha value is -3.90. The summed E-state index contributed by atoms with van der Waals surface area (Å²) in [6.07, 6.45) is -1.15. The lowest BCUT2D eigenvalue weighted by atomic mass is 10.1. The summed E-state index contributed by atoms with van der Waals surface area (Å²) in [6.45, 7) is 1.37. The van der Waals surface area contributed by atoms with Crippen molar-refractivity contribution in [1.29, 1.82) is 0 Å². The highest BCUT2D eigenvalue weighted by Crippen LogP contribution is 2.43. The number of aromatic hydroxyl groups is 1. The third-order valence-corrected chi connectivity index (χ3v) is 5.58. The molecule has 174 valence electrons. The number of phenolic OH excluding ortho intramolecular Hbond substituents is 1. The number of carboxylic acid groups (broad SMARTS) is 1. The van der Waals surface area contributed by atoms with Gasteiger partial charge in [-0.1, -0.05) is 24.3 Å². The van der Waals surface area contributed by atoms with Gasteiger partial charge in [-0.15, -0.1) is 10.2 Å². The quantitative estimate of drug-likeness (QED) is 0.416. The molecule has 3 aromatic carbocycles.